The Morgan fingerprint density at radius 2 is 1.24 bits per heavy atom. The molecule has 0 aliphatic carbocycles. The number of hydrogen-bond donors (Lipinski definition) is 0. The van der Waals surface area contributed by atoms with Gasteiger partial charge in [-0.1, -0.05) is 27.0 Å². The highest BCUT2D eigenvalue weighted by atomic mass is 16.5. The van der Waals surface area contributed by atoms with Crippen molar-refractivity contribution in [1.82, 2.24) is 9.80 Å². The van der Waals surface area contributed by atoms with Crippen LogP contribution in [0.15, 0.2) is 25.3 Å². The summed E-state index contributed by atoms with van der Waals surface area (Å²) >= 11 is 0. The lowest BCUT2D eigenvalue weighted by molar-refractivity contribution is -0.127. The normalized spacial score (nSPS) is 10.0. The molecule has 0 atom stereocenters. The van der Waals surface area contributed by atoms with Gasteiger partial charge in [-0.05, 0) is 25.0 Å². The van der Waals surface area contributed by atoms with Crippen LogP contribution in [0.2, 0.25) is 0 Å². The molecule has 0 aromatic rings. The van der Waals surface area contributed by atoms with Crippen LogP contribution in [0.4, 0.5) is 0 Å². The maximum atomic E-state index is 11.6. The van der Waals surface area contributed by atoms with Crippen LogP contribution in [-0.2, 0) is 14.3 Å². The molecule has 5 nitrogen and oxygen atoms in total. The summed E-state index contributed by atoms with van der Waals surface area (Å²) in [5.74, 6) is -0.148. The van der Waals surface area contributed by atoms with Crippen LogP contribution in [-0.4, -0.2) is 61.0 Å². The Labute approximate surface area is 128 Å². The van der Waals surface area contributed by atoms with Gasteiger partial charge in [-0.3, -0.25) is 9.59 Å². The second-order valence-electron chi connectivity index (χ2n) is 4.67. The summed E-state index contributed by atoms with van der Waals surface area (Å²) in [5.41, 5.74) is 0. The molecule has 0 rings (SSSR count). The lowest BCUT2D eigenvalue weighted by Crippen LogP contribution is -2.35. The molecule has 0 aromatic heterocycles. The Kier molecular flexibility index (Phi) is 11.2. The van der Waals surface area contributed by atoms with E-state index in [-0.39, 0.29) is 11.8 Å². The Hall–Kier alpha value is -1.62. The minimum atomic E-state index is -0.0742. The fourth-order valence-corrected chi connectivity index (χ4v) is 1.91. The average molecular weight is 296 g/mol. The predicted molar refractivity (Wildman–Crippen MR) is 85.0 cm³/mol. The molecule has 0 spiro atoms. The minimum absolute atomic E-state index is 0.0742. The van der Waals surface area contributed by atoms with Crippen molar-refractivity contribution in [3.8, 4) is 0 Å². The van der Waals surface area contributed by atoms with E-state index in [1.807, 2.05) is 13.8 Å². The minimum Gasteiger partial charge on any atom is -0.378 e. The number of rotatable bonds is 12. The van der Waals surface area contributed by atoms with Crippen molar-refractivity contribution in [1.29, 1.82) is 0 Å². The number of nitrogens with zero attached hydrogens (tertiary/aromatic N) is 2. The van der Waals surface area contributed by atoms with Crippen LogP contribution < -0.4 is 0 Å². The Balaban J connectivity index is 4.01. The molecule has 0 radical (unpaired) electrons. The SMILES string of the molecule is C=CC(=O)N(CCC)CCOCCN(CCC)C(=O)C=C. The van der Waals surface area contributed by atoms with Gasteiger partial charge in [-0.2, -0.15) is 0 Å². The van der Waals surface area contributed by atoms with Crippen molar-refractivity contribution in [2.45, 2.75) is 26.7 Å². The van der Waals surface area contributed by atoms with Gasteiger partial charge in [-0.15, -0.1) is 0 Å². The van der Waals surface area contributed by atoms with E-state index in [0.717, 1.165) is 12.8 Å². The first kappa shape index (κ1) is 19.4. The van der Waals surface area contributed by atoms with Gasteiger partial charge >= 0.3 is 0 Å². The molecule has 0 aliphatic heterocycles. The quantitative estimate of drug-likeness (QED) is 0.408. The van der Waals surface area contributed by atoms with E-state index < -0.39 is 0 Å². The molecule has 0 aromatic carbocycles. The van der Waals surface area contributed by atoms with Gasteiger partial charge in [0.1, 0.15) is 0 Å². The predicted octanol–water partition coefficient (Wildman–Crippen LogP) is 1.85. The summed E-state index contributed by atoms with van der Waals surface area (Å²) in [5, 5.41) is 0. The van der Waals surface area contributed by atoms with Crippen molar-refractivity contribution in [2.75, 3.05) is 39.4 Å². The van der Waals surface area contributed by atoms with E-state index in [1.54, 1.807) is 9.80 Å². The Morgan fingerprint density at radius 1 is 0.857 bits per heavy atom. The lowest BCUT2D eigenvalue weighted by Gasteiger charge is -2.22. The van der Waals surface area contributed by atoms with Gasteiger partial charge in [0, 0.05) is 26.2 Å². The van der Waals surface area contributed by atoms with Crippen molar-refractivity contribution < 1.29 is 14.3 Å². The van der Waals surface area contributed by atoms with Crippen LogP contribution in [0.25, 0.3) is 0 Å². The first-order valence-electron chi connectivity index (χ1n) is 7.51. The molecule has 0 N–H and O–H groups in total. The van der Waals surface area contributed by atoms with Gasteiger partial charge in [0.15, 0.2) is 0 Å². The highest BCUT2D eigenvalue weighted by Gasteiger charge is 2.10. The van der Waals surface area contributed by atoms with Crippen LogP contribution in [0.5, 0.6) is 0 Å². The molecule has 0 saturated carbocycles. The summed E-state index contributed by atoms with van der Waals surface area (Å²) in [6, 6.07) is 0. The number of ether oxygens (including phenoxy) is 1. The highest BCUT2D eigenvalue weighted by molar-refractivity contribution is 5.87. The van der Waals surface area contributed by atoms with Crippen molar-refractivity contribution in [3.63, 3.8) is 0 Å². The highest BCUT2D eigenvalue weighted by Crippen LogP contribution is 1.96. The van der Waals surface area contributed by atoms with E-state index in [4.69, 9.17) is 4.74 Å². The van der Waals surface area contributed by atoms with E-state index in [9.17, 15) is 9.59 Å². The van der Waals surface area contributed by atoms with Crippen molar-refractivity contribution >= 4 is 11.8 Å². The van der Waals surface area contributed by atoms with Gasteiger partial charge in [0.25, 0.3) is 0 Å². The average Bonchev–Trinajstić information content (AvgIpc) is 2.50. The third kappa shape index (κ3) is 8.30. The zero-order valence-electron chi connectivity index (χ0n) is 13.3. The largest absolute Gasteiger partial charge is 0.378 e. The van der Waals surface area contributed by atoms with Crippen LogP contribution >= 0.6 is 0 Å². The van der Waals surface area contributed by atoms with Gasteiger partial charge in [0.2, 0.25) is 11.8 Å². The summed E-state index contributed by atoms with van der Waals surface area (Å²) in [6.45, 7) is 14.4. The monoisotopic (exact) mass is 296 g/mol. The standard InChI is InChI=1S/C16H28N2O3/c1-5-9-17(15(19)7-3)11-13-21-14-12-18(10-6-2)16(20)8-4/h7-8H,3-6,9-14H2,1-2H3. The molecule has 0 fully saturated rings. The molecular weight excluding hydrogens is 268 g/mol. The second kappa shape index (κ2) is 12.1. The molecule has 2 amide bonds. The van der Waals surface area contributed by atoms with Crippen molar-refractivity contribution in [3.05, 3.63) is 25.3 Å². The molecule has 0 saturated heterocycles. The fourth-order valence-electron chi connectivity index (χ4n) is 1.91. The lowest BCUT2D eigenvalue weighted by atomic mass is 10.3. The summed E-state index contributed by atoms with van der Waals surface area (Å²) < 4.78 is 5.52. The van der Waals surface area contributed by atoms with Crippen LogP contribution in [0.1, 0.15) is 26.7 Å². The molecule has 0 aliphatic rings. The zero-order valence-corrected chi connectivity index (χ0v) is 13.3. The van der Waals surface area contributed by atoms with Crippen molar-refractivity contribution in [2.24, 2.45) is 0 Å². The maximum Gasteiger partial charge on any atom is 0.246 e. The van der Waals surface area contributed by atoms with E-state index in [0.29, 0.717) is 39.4 Å². The maximum absolute atomic E-state index is 11.6. The summed E-state index contributed by atoms with van der Waals surface area (Å²) in [6.07, 6.45) is 4.44. The molecule has 0 bridgehead atoms. The molecule has 0 unspecified atom stereocenters. The summed E-state index contributed by atoms with van der Waals surface area (Å²) in [7, 11) is 0. The first-order chi connectivity index (χ1) is 10.1. The zero-order chi connectivity index (χ0) is 16.1. The summed E-state index contributed by atoms with van der Waals surface area (Å²) in [4.78, 5) is 26.6. The molecular formula is C16H28N2O3. The second-order valence-corrected chi connectivity index (χ2v) is 4.67. The topological polar surface area (TPSA) is 49.9 Å². The number of hydrogen-bond acceptors (Lipinski definition) is 3. The van der Waals surface area contributed by atoms with Crippen LogP contribution in [0, 0.1) is 0 Å². The molecule has 5 heteroatoms. The number of amides is 2. The Morgan fingerprint density at radius 3 is 1.52 bits per heavy atom. The van der Waals surface area contributed by atoms with Gasteiger partial charge in [0.05, 0.1) is 13.2 Å². The van der Waals surface area contributed by atoms with E-state index in [1.165, 1.54) is 12.2 Å². The smallest absolute Gasteiger partial charge is 0.246 e. The van der Waals surface area contributed by atoms with Gasteiger partial charge in [-0.25, -0.2) is 0 Å². The third-order valence-corrected chi connectivity index (χ3v) is 2.97. The van der Waals surface area contributed by atoms with Gasteiger partial charge < -0.3 is 14.5 Å². The molecule has 0 heterocycles. The molecule has 120 valence electrons. The number of carbonyl (C=O) groups is 2. The third-order valence-electron chi connectivity index (χ3n) is 2.97. The fraction of sp³-hybridized carbons (Fsp3) is 0.625. The van der Waals surface area contributed by atoms with Crippen LogP contribution in [0.3, 0.4) is 0 Å². The van der Waals surface area contributed by atoms with E-state index >= 15 is 0 Å². The number of carbonyl (C=O) groups excluding carboxylic acids is 2. The Bertz CT molecular complexity index is 310. The van der Waals surface area contributed by atoms with E-state index in [2.05, 4.69) is 13.2 Å². The first-order valence-corrected chi connectivity index (χ1v) is 7.51. The molecule has 21 heavy (non-hydrogen) atoms.